The summed E-state index contributed by atoms with van der Waals surface area (Å²) in [5.41, 5.74) is 0.000174. The molecule has 2 unspecified atom stereocenters. The van der Waals surface area contributed by atoms with Crippen molar-refractivity contribution in [2.24, 2.45) is 11.3 Å². The molecule has 0 radical (unpaired) electrons. The van der Waals surface area contributed by atoms with Crippen LogP contribution in [0.1, 0.15) is 108 Å². The number of carbonyl (C=O) groups is 7. The standard InChI is InChI=1S/C40H54N8O7S/c1-6-13-27(32(50)37(54)43-24(2)25-14-9-7-10-15-25)44-35(52)29-20-40(47-30(49)22-56-40)23-48(29)38(55)33(39(3,4)5)46-36(53)31(26-16-11-8-12-17-26)45-34(51)28-21-41-18-19-42-28/h7,9-10,14-15,18-19,21,24,26-27,29,31,33H,6,8,11-13,16-17,20,22-23H2,1-5H3,(H,43,54)(H,44,52)(H,45,51)(H,46,53)(H,47,49)/t24-,27?,29-,31-,33+,40?/m0/s1. The van der Waals surface area contributed by atoms with E-state index in [4.69, 9.17) is 0 Å². The van der Waals surface area contributed by atoms with E-state index in [9.17, 15) is 33.6 Å². The van der Waals surface area contributed by atoms with Crippen LogP contribution in [0.5, 0.6) is 0 Å². The summed E-state index contributed by atoms with van der Waals surface area (Å²) in [6, 6.07) is 4.30. The molecule has 5 rings (SSSR count). The quantitative estimate of drug-likeness (QED) is 0.177. The molecular weight excluding hydrogens is 737 g/mol. The van der Waals surface area contributed by atoms with Crippen LogP contribution in [0.4, 0.5) is 0 Å². The number of likely N-dealkylation sites (tertiary alicyclic amines) is 1. The Morgan fingerprint density at radius 3 is 2.30 bits per heavy atom. The van der Waals surface area contributed by atoms with Crippen molar-refractivity contribution in [3.8, 4) is 0 Å². The van der Waals surface area contributed by atoms with Gasteiger partial charge in [0, 0.05) is 18.8 Å². The van der Waals surface area contributed by atoms with Crippen LogP contribution in [0.25, 0.3) is 0 Å². The van der Waals surface area contributed by atoms with E-state index in [2.05, 4.69) is 36.6 Å². The van der Waals surface area contributed by atoms with Crippen LogP contribution in [0, 0.1) is 11.3 Å². The average Bonchev–Trinajstić information content (AvgIpc) is 3.76. The lowest BCUT2D eigenvalue weighted by Gasteiger charge is -2.37. The number of rotatable bonds is 14. The number of carbonyl (C=O) groups excluding carboxylic acids is 7. The molecular formula is C40H54N8O7S. The number of hydrogen-bond donors (Lipinski definition) is 5. The fraction of sp³-hybridized carbons (Fsp3) is 0.575. The maximum atomic E-state index is 14.8. The Balaban J connectivity index is 1.37. The Kier molecular flexibility index (Phi) is 13.9. The highest BCUT2D eigenvalue weighted by Crippen LogP contribution is 2.41. The minimum absolute atomic E-state index is 0.0281. The van der Waals surface area contributed by atoms with Gasteiger partial charge in [0.15, 0.2) is 0 Å². The van der Waals surface area contributed by atoms with Crippen LogP contribution in [0.2, 0.25) is 0 Å². The monoisotopic (exact) mass is 790 g/mol. The van der Waals surface area contributed by atoms with Crippen molar-refractivity contribution in [3.05, 3.63) is 60.2 Å². The van der Waals surface area contributed by atoms with Crippen molar-refractivity contribution in [3.63, 3.8) is 0 Å². The number of hydrogen-bond acceptors (Lipinski definition) is 10. The molecule has 5 N–H and O–H groups in total. The topological polar surface area (TPSA) is 209 Å². The number of nitrogens with zero attached hydrogens (tertiary/aromatic N) is 3. The molecule has 6 atom stereocenters. The number of Topliss-reactive ketones (excluding diaryl/α,β-unsaturated/α-hetero) is 1. The molecule has 2 aromatic rings. The molecule has 1 aromatic heterocycles. The Labute approximate surface area is 332 Å². The van der Waals surface area contributed by atoms with E-state index in [0.29, 0.717) is 19.3 Å². The molecule has 0 bridgehead atoms. The Bertz CT molecular complexity index is 1770. The number of nitrogens with one attached hydrogen (secondary N) is 5. The fourth-order valence-electron chi connectivity index (χ4n) is 7.68. The predicted molar refractivity (Wildman–Crippen MR) is 210 cm³/mol. The van der Waals surface area contributed by atoms with Gasteiger partial charge in [-0.3, -0.25) is 38.5 Å². The van der Waals surface area contributed by atoms with Crippen molar-refractivity contribution in [1.82, 2.24) is 41.5 Å². The van der Waals surface area contributed by atoms with Crippen LogP contribution >= 0.6 is 11.8 Å². The first-order valence-corrected chi connectivity index (χ1v) is 20.4. The van der Waals surface area contributed by atoms with Gasteiger partial charge in [-0.1, -0.05) is 83.7 Å². The van der Waals surface area contributed by atoms with Crippen molar-refractivity contribution in [2.75, 3.05) is 12.3 Å². The third kappa shape index (κ3) is 10.3. The molecule has 15 nitrogen and oxygen atoms in total. The molecule has 56 heavy (non-hydrogen) atoms. The van der Waals surface area contributed by atoms with E-state index in [1.165, 1.54) is 35.3 Å². The predicted octanol–water partition coefficient (Wildman–Crippen LogP) is 2.58. The van der Waals surface area contributed by atoms with E-state index in [1.807, 2.05) is 37.3 Å². The normalized spacial score (nSPS) is 22.0. The van der Waals surface area contributed by atoms with E-state index >= 15 is 0 Å². The Hall–Kier alpha value is -4.86. The van der Waals surface area contributed by atoms with Gasteiger partial charge in [0.25, 0.3) is 11.8 Å². The van der Waals surface area contributed by atoms with E-state index < -0.39 is 75.8 Å². The first-order chi connectivity index (χ1) is 26.6. The number of aromatic nitrogens is 2. The van der Waals surface area contributed by atoms with Gasteiger partial charge in [0.1, 0.15) is 28.7 Å². The van der Waals surface area contributed by atoms with Crippen LogP contribution in [-0.4, -0.2) is 97.4 Å². The zero-order valence-electron chi connectivity index (χ0n) is 32.8. The molecule has 302 valence electrons. The number of ketones is 1. The summed E-state index contributed by atoms with van der Waals surface area (Å²) < 4.78 is 0. The molecule has 2 saturated heterocycles. The van der Waals surface area contributed by atoms with Crippen molar-refractivity contribution in [2.45, 2.75) is 121 Å². The minimum atomic E-state index is -1.16. The Morgan fingerprint density at radius 2 is 1.70 bits per heavy atom. The van der Waals surface area contributed by atoms with Gasteiger partial charge in [-0.2, -0.15) is 0 Å². The third-order valence-corrected chi connectivity index (χ3v) is 12.1. The molecule has 6 amide bonds. The van der Waals surface area contributed by atoms with E-state index in [0.717, 1.165) is 24.8 Å². The summed E-state index contributed by atoms with van der Waals surface area (Å²) in [6.45, 7) is 8.94. The van der Waals surface area contributed by atoms with Gasteiger partial charge >= 0.3 is 0 Å². The van der Waals surface area contributed by atoms with Gasteiger partial charge in [0.05, 0.1) is 30.6 Å². The average molecular weight is 791 g/mol. The molecule has 1 saturated carbocycles. The SMILES string of the molecule is CCCC(NC(=O)[C@@H]1CC2(CN1C(=O)[C@@H](NC(=O)[C@@H](NC(=O)c1cnccn1)C1CCCCC1)C(C)(C)C)NC(=O)CS2)C(=O)C(=O)N[C@@H](C)c1ccccc1. The minimum Gasteiger partial charge on any atom is -0.344 e. The Morgan fingerprint density at radius 1 is 0.982 bits per heavy atom. The van der Waals surface area contributed by atoms with Crippen molar-refractivity contribution < 1.29 is 33.6 Å². The van der Waals surface area contributed by atoms with Crippen molar-refractivity contribution >= 4 is 53.0 Å². The van der Waals surface area contributed by atoms with E-state index in [-0.39, 0.29) is 42.7 Å². The lowest BCUT2D eigenvalue weighted by atomic mass is 9.82. The smallest absolute Gasteiger partial charge is 0.290 e. The molecule has 1 aliphatic carbocycles. The zero-order valence-corrected chi connectivity index (χ0v) is 33.6. The van der Waals surface area contributed by atoms with Gasteiger partial charge in [-0.05, 0) is 43.1 Å². The molecule has 3 aliphatic rings. The van der Waals surface area contributed by atoms with E-state index in [1.54, 1.807) is 27.7 Å². The first kappa shape index (κ1) is 42.3. The molecule has 3 heterocycles. The van der Waals surface area contributed by atoms with Gasteiger partial charge in [0.2, 0.25) is 29.4 Å². The summed E-state index contributed by atoms with van der Waals surface area (Å²) >= 11 is 1.30. The second-order valence-electron chi connectivity index (χ2n) is 16.1. The van der Waals surface area contributed by atoms with Crippen LogP contribution in [0.3, 0.4) is 0 Å². The van der Waals surface area contributed by atoms with Gasteiger partial charge < -0.3 is 31.5 Å². The molecule has 2 aliphatic heterocycles. The number of thioether (sulfide) groups is 1. The lowest BCUT2D eigenvalue weighted by molar-refractivity contribution is -0.145. The van der Waals surface area contributed by atoms with Gasteiger partial charge in [-0.15, -0.1) is 11.8 Å². The van der Waals surface area contributed by atoms with Crippen LogP contribution < -0.4 is 26.6 Å². The summed E-state index contributed by atoms with van der Waals surface area (Å²) in [7, 11) is 0. The highest BCUT2D eigenvalue weighted by atomic mass is 32.2. The number of benzene rings is 1. The summed E-state index contributed by atoms with van der Waals surface area (Å²) in [5.74, 6) is -4.23. The number of amides is 6. The van der Waals surface area contributed by atoms with Crippen LogP contribution in [-0.2, 0) is 28.8 Å². The molecule has 3 fully saturated rings. The third-order valence-electron chi connectivity index (χ3n) is 10.7. The largest absolute Gasteiger partial charge is 0.344 e. The summed E-state index contributed by atoms with van der Waals surface area (Å²) in [4.78, 5) is 104. The second-order valence-corrected chi connectivity index (χ2v) is 17.4. The highest BCUT2D eigenvalue weighted by molar-refractivity contribution is 8.01. The highest BCUT2D eigenvalue weighted by Gasteiger charge is 2.55. The summed E-state index contributed by atoms with van der Waals surface area (Å²) in [6.07, 6.45) is 9.08. The maximum Gasteiger partial charge on any atom is 0.290 e. The maximum absolute atomic E-state index is 14.8. The zero-order chi connectivity index (χ0) is 40.6. The molecule has 16 heteroatoms. The van der Waals surface area contributed by atoms with Crippen molar-refractivity contribution in [1.29, 1.82) is 0 Å². The lowest BCUT2D eigenvalue weighted by Crippen LogP contribution is -2.62. The molecule has 1 aromatic carbocycles. The molecule has 1 spiro atoms. The van der Waals surface area contributed by atoms with Crippen LogP contribution in [0.15, 0.2) is 48.9 Å². The van der Waals surface area contributed by atoms with Gasteiger partial charge in [-0.25, -0.2) is 4.98 Å². The first-order valence-electron chi connectivity index (χ1n) is 19.4. The second kappa shape index (κ2) is 18.4. The summed E-state index contributed by atoms with van der Waals surface area (Å²) in [5, 5.41) is 14.2. The fourth-order valence-corrected chi connectivity index (χ4v) is 8.85.